The second kappa shape index (κ2) is 5.30. The van der Waals surface area contributed by atoms with E-state index in [1.54, 1.807) is 0 Å². The summed E-state index contributed by atoms with van der Waals surface area (Å²) in [7, 11) is 1.46. The Kier molecular flexibility index (Phi) is 3.55. The third-order valence-corrected chi connectivity index (χ3v) is 2.53. The molecule has 10 nitrogen and oxygen atoms in total. The Hall–Kier alpha value is -3.04. The Morgan fingerprint density at radius 1 is 1.30 bits per heavy atom. The number of imidazole rings is 1. The molecule has 0 amide bonds. The second-order valence-corrected chi connectivity index (χ2v) is 3.72. The van der Waals surface area contributed by atoms with Crippen LogP contribution in [0.3, 0.4) is 0 Å². The van der Waals surface area contributed by atoms with Gasteiger partial charge in [-0.15, -0.1) is 0 Å². The monoisotopic (exact) mass is 279 g/mol. The van der Waals surface area contributed by atoms with Gasteiger partial charge in [-0.2, -0.15) is 0 Å². The zero-order valence-electron chi connectivity index (χ0n) is 10.3. The maximum absolute atomic E-state index is 10.7. The van der Waals surface area contributed by atoms with Crippen LogP contribution in [0, 0.1) is 20.2 Å². The maximum atomic E-state index is 10.7. The summed E-state index contributed by atoms with van der Waals surface area (Å²) in [4.78, 5) is 27.6. The van der Waals surface area contributed by atoms with E-state index in [9.17, 15) is 20.2 Å². The van der Waals surface area contributed by atoms with Gasteiger partial charge in [0.25, 0.3) is 0 Å². The molecular formula is C10H9N5O5. The second-order valence-electron chi connectivity index (χ2n) is 3.72. The molecule has 2 heterocycles. The lowest BCUT2D eigenvalue weighted by molar-refractivity contribution is -0.391. The topological polar surface area (TPSA) is 126 Å². The van der Waals surface area contributed by atoms with E-state index >= 15 is 0 Å². The van der Waals surface area contributed by atoms with Crippen molar-refractivity contribution < 1.29 is 14.6 Å². The van der Waals surface area contributed by atoms with Gasteiger partial charge in [-0.25, -0.2) is 9.55 Å². The number of nitro groups is 2. The van der Waals surface area contributed by atoms with Gasteiger partial charge in [0, 0.05) is 0 Å². The molecule has 0 aliphatic rings. The standard InChI is InChI=1S/C10H9N5O5/c1-13-8(12-5-9(13)14(16)17)6-20-7-3-2-4-11-10(7)15(18)19/h2-5H,6H2,1H3. The number of aromatic nitrogens is 3. The van der Waals surface area contributed by atoms with Crippen molar-refractivity contribution >= 4 is 11.6 Å². The summed E-state index contributed by atoms with van der Waals surface area (Å²) >= 11 is 0. The molecule has 0 saturated carbocycles. The molecule has 0 bridgehead atoms. The summed E-state index contributed by atoms with van der Waals surface area (Å²) in [5, 5.41) is 21.4. The fourth-order valence-corrected chi connectivity index (χ4v) is 1.52. The molecule has 0 spiro atoms. The van der Waals surface area contributed by atoms with Crippen molar-refractivity contribution in [2.75, 3.05) is 0 Å². The van der Waals surface area contributed by atoms with Crippen molar-refractivity contribution in [3.05, 3.63) is 50.6 Å². The Labute approximate surface area is 111 Å². The lowest BCUT2D eigenvalue weighted by Crippen LogP contribution is -2.07. The van der Waals surface area contributed by atoms with Gasteiger partial charge in [0.15, 0.2) is 6.61 Å². The highest BCUT2D eigenvalue weighted by Crippen LogP contribution is 2.24. The van der Waals surface area contributed by atoms with Crippen molar-refractivity contribution in [1.82, 2.24) is 14.5 Å². The van der Waals surface area contributed by atoms with E-state index in [0.29, 0.717) is 0 Å². The third-order valence-electron chi connectivity index (χ3n) is 2.53. The van der Waals surface area contributed by atoms with Crippen molar-refractivity contribution in [3.8, 4) is 5.75 Å². The smallest absolute Gasteiger partial charge is 0.406 e. The van der Waals surface area contributed by atoms with Gasteiger partial charge in [-0.05, 0) is 27.0 Å². The SMILES string of the molecule is Cn1c([N+](=O)[O-])cnc1COc1cccnc1[N+](=O)[O-]. The normalized spacial score (nSPS) is 10.2. The van der Waals surface area contributed by atoms with Crippen LogP contribution in [0.25, 0.3) is 0 Å². The Bertz CT molecular complexity index is 668. The van der Waals surface area contributed by atoms with Crippen LogP contribution in [0.1, 0.15) is 5.82 Å². The molecule has 0 atom stereocenters. The van der Waals surface area contributed by atoms with E-state index in [4.69, 9.17) is 4.74 Å². The molecule has 10 heteroatoms. The summed E-state index contributed by atoms with van der Waals surface area (Å²) in [6.07, 6.45) is 2.37. The van der Waals surface area contributed by atoms with E-state index in [0.717, 1.165) is 6.20 Å². The van der Waals surface area contributed by atoms with Crippen molar-refractivity contribution in [1.29, 1.82) is 0 Å². The highest BCUT2D eigenvalue weighted by atomic mass is 16.6. The Balaban J connectivity index is 2.17. The third kappa shape index (κ3) is 2.53. The molecule has 104 valence electrons. The lowest BCUT2D eigenvalue weighted by atomic mass is 10.4. The van der Waals surface area contributed by atoms with Crippen LogP contribution in [0.5, 0.6) is 5.75 Å². The lowest BCUT2D eigenvalue weighted by Gasteiger charge is -2.04. The minimum Gasteiger partial charge on any atom is -0.475 e. The highest BCUT2D eigenvalue weighted by molar-refractivity contribution is 5.38. The van der Waals surface area contributed by atoms with Crippen molar-refractivity contribution in [2.24, 2.45) is 7.05 Å². The van der Waals surface area contributed by atoms with Crippen LogP contribution in [0.2, 0.25) is 0 Å². The molecule has 0 saturated heterocycles. The van der Waals surface area contributed by atoms with Crippen LogP contribution in [0.15, 0.2) is 24.5 Å². The molecule has 0 aliphatic heterocycles. The molecule has 2 aromatic rings. The number of rotatable bonds is 5. The molecule has 0 radical (unpaired) electrons. The van der Waals surface area contributed by atoms with Gasteiger partial charge in [-0.1, -0.05) is 0 Å². The first-order valence-electron chi connectivity index (χ1n) is 5.38. The van der Waals surface area contributed by atoms with Gasteiger partial charge >= 0.3 is 11.6 Å². The Morgan fingerprint density at radius 2 is 2.05 bits per heavy atom. The van der Waals surface area contributed by atoms with E-state index in [1.165, 1.54) is 29.9 Å². The zero-order chi connectivity index (χ0) is 14.7. The summed E-state index contributed by atoms with van der Waals surface area (Å²) < 4.78 is 6.49. The summed E-state index contributed by atoms with van der Waals surface area (Å²) in [5.74, 6) is -0.363. The summed E-state index contributed by atoms with van der Waals surface area (Å²) in [6, 6.07) is 2.88. The average molecular weight is 279 g/mol. The molecule has 2 rings (SSSR count). The fourth-order valence-electron chi connectivity index (χ4n) is 1.52. The van der Waals surface area contributed by atoms with Gasteiger partial charge in [0.05, 0.1) is 7.05 Å². The maximum Gasteiger partial charge on any atom is 0.406 e. The predicted molar refractivity (Wildman–Crippen MR) is 65.1 cm³/mol. The van der Waals surface area contributed by atoms with E-state index in [2.05, 4.69) is 9.97 Å². The molecule has 0 unspecified atom stereocenters. The highest BCUT2D eigenvalue weighted by Gasteiger charge is 2.20. The molecule has 0 N–H and O–H groups in total. The number of nitrogens with zero attached hydrogens (tertiary/aromatic N) is 5. The molecule has 0 aliphatic carbocycles. The van der Waals surface area contributed by atoms with Gasteiger partial charge < -0.3 is 25.0 Å². The minimum atomic E-state index is -0.670. The number of pyridine rings is 1. The van der Waals surface area contributed by atoms with E-state index in [-0.39, 0.29) is 24.0 Å². The van der Waals surface area contributed by atoms with Gasteiger partial charge in [-0.3, -0.25) is 0 Å². The van der Waals surface area contributed by atoms with Gasteiger partial charge in [0.2, 0.25) is 11.6 Å². The molecule has 0 fully saturated rings. The van der Waals surface area contributed by atoms with Crippen LogP contribution in [0.4, 0.5) is 11.6 Å². The van der Waals surface area contributed by atoms with E-state index < -0.39 is 15.7 Å². The number of hydrogen-bond acceptors (Lipinski definition) is 7. The largest absolute Gasteiger partial charge is 0.475 e. The fraction of sp³-hybridized carbons (Fsp3) is 0.200. The molecule has 2 aromatic heterocycles. The van der Waals surface area contributed by atoms with Crippen molar-refractivity contribution in [3.63, 3.8) is 0 Å². The number of ether oxygens (including phenoxy) is 1. The molecule has 20 heavy (non-hydrogen) atoms. The first kappa shape index (κ1) is 13.4. The zero-order valence-corrected chi connectivity index (χ0v) is 10.3. The first-order chi connectivity index (χ1) is 9.50. The van der Waals surface area contributed by atoms with Crippen LogP contribution in [-0.4, -0.2) is 24.4 Å². The van der Waals surface area contributed by atoms with Gasteiger partial charge in [0.1, 0.15) is 12.4 Å². The van der Waals surface area contributed by atoms with Crippen LogP contribution < -0.4 is 4.74 Å². The van der Waals surface area contributed by atoms with Crippen molar-refractivity contribution in [2.45, 2.75) is 6.61 Å². The number of hydrogen-bond donors (Lipinski definition) is 0. The first-order valence-corrected chi connectivity index (χ1v) is 5.38. The summed E-state index contributed by atoms with van der Waals surface area (Å²) in [5.41, 5.74) is 0. The van der Waals surface area contributed by atoms with Crippen LogP contribution >= 0.6 is 0 Å². The average Bonchev–Trinajstić information content (AvgIpc) is 2.78. The van der Waals surface area contributed by atoms with Crippen LogP contribution in [-0.2, 0) is 13.7 Å². The quantitative estimate of drug-likeness (QED) is 0.594. The predicted octanol–water partition coefficient (Wildman–Crippen LogP) is 1.21. The van der Waals surface area contributed by atoms with E-state index in [1.807, 2.05) is 0 Å². The molecule has 0 aromatic carbocycles. The Morgan fingerprint density at radius 3 is 2.65 bits per heavy atom. The molecular weight excluding hydrogens is 270 g/mol. The summed E-state index contributed by atoms with van der Waals surface area (Å²) in [6.45, 7) is -0.142. The minimum absolute atomic E-state index is 0.0249.